The molecule has 1 aromatic carbocycles. The highest BCUT2D eigenvalue weighted by atomic mass is 32.1. The molecular formula is C15H18N4OS. The lowest BCUT2D eigenvalue weighted by atomic mass is 9.88. The van der Waals surface area contributed by atoms with Gasteiger partial charge >= 0.3 is 0 Å². The molecule has 1 aliphatic rings. The topological polar surface area (TPSA) is 66.9 Å². The Hall–Kier alpha value is -1.95. The summed E-state index contributed by atoms with van der Waals surface area (Å²) in [4.78, 5) is 12.3. The van der Waals surface area contributed by atoms with Crippen molar-refractivity contribution in [1.29, 1.82) is 0 Å². The summed E-state index contributed by atoms with van der Waals surface area (Å²) in [6.45, 7) is 2.76. The molecule has 3 rings (SSSR count). The number of fused-ring (bicyclic) bond motifs is 1. The average Bonchev–Trinajstić information content (AvgIpc) is 2.97. The van der Waals surface area contributed by atoms with Crippen LogP contribution in [0.5, 0.6) is 0 Å². The van der Waals surface area contributed by atoms with Crippen molar-refractivity contribution in [1.82, 2.24) is 15.5 Å². The zero-order valence-electron chi connectivity index (χ0n) is 11.9. The zero-order valence-corrected chi connectivity index (χ0v) is 12.7. The van der Waals surface area contributed by atoms with E-state index in [1.807, 2.05) is 13.0 Å². The van der Waals surface area contributed by atoms with E-state index in [1.165, 1.54) is 22.5 Å². The Balaban J connectivity index is 1.73. The van der Waals surface area contributed by atoms with E-state index < -0.39 is 0 Å². The molecule has 1 aliphatic carbocycles. The Labute approximate surface area is 127 Å². The van der Waals surface area contributed by atoms with Crippen molar-refractivity contribution in [3.63, 3.8) is 0 Å². The van der Waals surface area contributed by atoms with E-state index in [-0.39, 0.29) is 11.9 Å². The molecule has 5 nitrogen and oxygen atoms in total. The summed E-state index contributed by atoms with van der Waals surface area (Å²) in [6, 6.07) is 8.40. The van der Waals surface area contributed by atoms with Crippen molar-refractivity contribution >= 4 is 22.4 Å². The van der Waals surface area contributed by atoms with Crippen LogP contribution in [0.25, 0.3) is 0 Å². The molecule has 0 radical (unpaired) electrons. The molecule has 0 bridgehead atoms. The van der Waals surface area contributed by atoms with Gasteiger partial charge in [0.25, 0.3) is 5.91 Å². The van der Waals surface area contributed by atoms with Crippen molar-refractivity contribution in [3.8, 4) is 0 Å². The predicted molar refractivity (Wildman–Crippen MR) is 83.7 cm³/mol. The van der Waals surface area contributed by atoms with Crippen molar-refractivity contribution in [2.75, 3.05) is 11.9 Å². The number of nitrogens with zero attached hydrogens (tertiary/aromatic N) is 2. The first-order chi connectivity index (χ1) is 10.3. The fourth-order valence-corrected chi connectivity index (χ4v) is 3.38. The molecule has 0 spiro atoms. The van der Waals surface area contributed by atoms with Crippen LogP contribution in [-0.4, -0.2) is 22.6 Å². The van der Waals surface area contributed by atoms with Gasteiger partial charge in [-0.1, -0.05) is 35.6 Å². The first-order valence-electron chi connectivity index (χ1n) is 7.24. The summed E-state index contributed by atoms with van der Waals surface area (Å²) >= 11 is 1.29. The molecule has 0 saturated heterocycles. The van der Waals surface area contributed by atoms with Gasteiger partial charge in [-0.3, -0.25) is 4.79 Å². The fraction of sp³-hybridized carbons (Fsp3) is 0.400. The maximum atomic E-state index is 12.3. The number of aryl methyl sites for hydroxylation is 1. The minimum atomic E-state index is -0.140. The van der Waals surface area contributed by atoms with Gasteiger partial charge in [-0.05, 0) is 37.3 Å². The van der Waals surface area contributed by atoms with Gasteiger partial charge in [0.05, 0.1) is 6.04 Å². The first-order valence-corrected chi connectivity index (χ1v) is 8.05. The number of benzene rings is 1. The Bertz CT molecular complexity index is 640. The third-order valence-electron chi connectivity index (χ3n) is 3.62. The van der Waals surface area contributed by atoms with E-state index >= 15 is 0 Å². The van der Waals surface area contributed by atoms with E-state index in [0.29, 0.717) is 10.1 Å². The Kier molecular flexibility index (Phi) is 4.15. The quantitative estimate of drug-likeness (QED) is 0.911. The number of hydrogen-bond acceptors (Lipinski definition) is 5. The fourth-order valence-electron chi connectivity index (χ4n) is 2.66. The third-order valence-corrected chi connectivity index (χ3v) is 4.50. The van der Waals surface area contributed by atoms with Gasteiger partial charge in [0.2, 0.25) is 10.1 Å². The number of carbonyl (C=O) groups is 1. The average molecular weight is 302 g/mol. The largest absolute Gasteiger partial charge is 0.360 e. The standard InChI is InChI=1S/C15H18N4OS/c1-2-16-15-19-18-14(21-15)13(20)17-12-9-5-7-10-6-3-4-8-11(10)12/h3-4,6,8,12H,2,5,7,9H2,1H3,(H,16,19)(H,17,20). The van der Waals surface area contributed by atoms with E-state index in [4.69, 9.17) is 0 Å². The molecule has 21 heavy (non-hydrogen) atoms. The maximum absolute atomic E-state index is 12.3. The van der Waals surface area contributed by atoms with Crippen LogP contribution < -0.4 is 10.6 Å². The molecule has 1 amide bonds. The number of nitrogens with one attached hydrogen (secondary N) is 2. The van der Waals surface area contributed by atoms with E-state index in [9.17, 15) is 4.79 Å². The summed E-state index contributed by atoms with van der Waals surface area (Å²) in [6.07, 6.45) is 3.16. The summed E-state index contributed by atoms with van der Waals surface area (Å²) in [7, 11) is 0. The van der Waals surface area contributed by atoms with E-state index in [0.717, 1.165) is 25.8 Å². The second-order valence-electron chi connectivity index (χ2n) is 5.06. The molecule has 2 N–H and O–H groups in total. The molecule has 0 fully saturated rings. The molecule has 2 aromatic rings. The van der Waals surface area contributed by atoms with Gasteiger partial charge in [0.1, 0.15) is 0 Å². The van der Waals surface area contributed by atoms with Crippen LogP contribution in [0, 0.1) is 0 Å². The van der Waals surface area contributed by atoms with Crippen molar-refractivity contribution in [3.05, 3.63) is 40.4 Å². The van der Waals surface area contributed by atoms with Gasteiger partial charge in [-0.25, -0.2) is 0 Å². The number of hydrogen-bond donors (Lipinski definition) is 2. The maximum Gasteiger partial charge on any atom is 0.282 e. The third kappa shape index (κ3) is 3.05. The molecule has 0 aliphatic heterocycles. The number of rotatable bonds is 4. The zero-order chi connectivity index (χ0) is 14.7. The van der Waals surface area contributed by atoms with Crippen LogP contribution in [0.15, 0.2) is 24.3 Å². The number of amides is 1. The van der Waals surface area contributed by atoms with Crippen molar-refractivity contribution < 1.29 is 4.79 Å². The van der Waals surface area contributed by atoms with Crippen LogP contribution in [0.2, 0.25) is 0 Å². The summed E-state index contributed by atoms with van der Waals surface area (Å²) in [5.41, 5.74) is 2.56. The molecule has 110 valence electrons. The van der Waals surface area contributed by atoms with Crippen LogP contribution in [0.1, 0.15) is 46.7 Å². The highest BCUT2D eigenvalue weighted by molar-refractivity contribution is 7.17. The summed E-state index contributed by atoms with van der Waals surface area (Å²) < 4.78 is 0. The van der Waals surface area contributed by atoms with E-state index in [2.05, 4.69) is 39.0 Å². The lowest BCUT2D eigenvalue weighted by Crippen LogP contribution is -2.30. The first kappa shape index (κ1) is 14.0. The number of carbonyl (C=O) groups excluding carboxylic acids is 1. The second kappa shape index (κ2) is 6.22. The minimum absolute atomic E-state index is 0.0777. The molecule has 1 atom stereocenters. The lowest BCUT2D eigenvalue weighted by Gasteiger charge is -2.25. The van der Waals surface area contributed by atoms with Gasteiger partial charge in [-0.15, -0.1) is 10.2 Å². The molecular weight excluding hydrogens is 284 g/mol. The summed E-state index contributed by atoms with van der Waals surface area (Å²) in [5, 5.41) is 15.2. The highest BCUT2D eigenvalue weighted by Crippen LogP contribution is 2.29. The van der Waals surface area contributed by atoms with Crippen LogP contribution in [0.3, 0.4) is 0 Å². The Morgan fingerprint density at radius 3 is 3.10 bits per heavy atom. The van der Waals surface area contributed by atoms with Crippen LogP contribution in [-0.2, 0) is 6.42 Å². The number of aromatic nitrogens is 2. The van der Waals surface area contributed by atoms with Crippen molar-refractivity contribution in [2.45, 2.75) is 32.2 Å². The molecule has 1 unspecified atom stereocenters. The second-order valence-corrected chi connectivity index (χ2v) is 6.04. The Morgan fingerprint density at radius 1 is 1.38 bits per heavy atom. The lowest BCUT2D eigenvalue weighted by molar-refractivity contribution is 0.0931. The molecule has 1 aromatic heterocycles. The van der Waals surface area contributed by atoms with Gasteiger partial charge in [-0.2, -0.15) is 0 Å². The predicted octanol–water partition coefficient (Wildman–Crippen LogP) is 2.78. The molecule has 1 heterocycles. The Morgan fingerprint density at radius 2 is 2.24 bits per heavy atom. The van der Waals surface area contributed by atoms with Gasteiger partial charge in [0, 0.05) is 6.54 Å². The van der Waals surface area contributed by atoms with Crippen LogP contribution in [0.4, 0.5) is 5.13 Å². The van der Waals surface area contributed by atoms with Crippen molar-refractivity contribution in [2.24, 2.45) is 0 Å². The smallest absolute Gasteiger partial charge is 0.282 e. The molecule has 0 saturated carbocycles. The summed E-state index contributed by atoms with van der Waals surface area (Å²) in [5.74, 6) is -0.140. The van der Waals surface area contributed by atoms with Crippen LogP contribution >= 0.6 is 11.3 Å². The van der Waals surface area contributed by atoms with E-state index in [1.54, 1.807) is 0 Å². The number of anilines is 1. The SMILES string of the molecule is CCNc1nnc(C(=O)NC2CCCc3ccccc32)s1. The van der Waals surface area contributed by atoms with Gasteiger partial charge < -0.3 is 10.6 Å². The molecule has 6 heteroatoms. The monoisotopic (exact) mass is 302 g/mol. The van der Waals surface area contributed by atoms with Gasteiger partial charge in [0.15, 0.2) is 0 Å². The highest BCUT2D eigenvalue weighted by Gasteiger charge is 2.23. The minimum Gasteiger partial charge on any atom is -0.360 e. The normalized spacial score (nSPS) is 17.1.